The molecule has 6 nitrogen and oxygen atoms in total. The monoisotopic (exact) mass is 472 g/mol. The van der Waals surface area contributed by atoms with Gasteiger partial charge in [-0.3, -0.25) is 4.90 Å². The van der Waals surface area contributed by atoms with E-state index in [2.05, 4.69) is 9.62 Å². The Hall–Kier alpha value is -1.35. The Morgan fingerprint density at radius 1 is 1.13 bits per heavy atom. The van der Waals surface area contributed by atoms with Crippen molar-refractivity contribution in [1.82, 2.24) is 9.62 Å². The zero-order valence-corrected chi connectivity index (χ0v) is 18.9. The van der Waals surface area contributed by atoms with E-state index in [9.17, 15) is 8.42 Å². The van der Waals surface area contributed by atoms with Crippen LogP contribution in [0.2, 0.25) is 10.0 Å². The molecule has 0 bridgehead atoms. The molecule has 0 saturated carbocycles. The second kappa shape index (κ2) is 10.8. The maximum Gasteiger partial charge on any atom is 0.240 e. The maximum absolute atomic E-state index is 12.6. The van der Waals surface area contributed by atoms with Gasteiger partial charge in [0.1, 0.15) is 12.4 Å². The van der Waals surface area contributed by atoms with Crippen molar-refractivity contribution in [3.05, 3.63) is 58.1 Å². The van der Waals surface area contributed by atoms with Crippen LogP contribution < -0.4 is 9.46 Å². The van der Waals surface area contributed by atoms with Crippen LogP contribution in [0.15, 0.2) is 47.4 Å². The van der Waals surface area contributed by atoms with E-state index in [0.29, 0.717) is 11.6 Å². The molecule has 1 aliphatic heterocycles. The Morgan fingerprint density at radius 3 is 2.60 bits per heavy atom. The minimum atomic E-state index is -3.63. The number of hydrogen-bond acceptors (Lipinski definition) is 5. The lowest BCUT2D eigenvalue weighted by atomic mass is 9.98. The Morgan fingerprint density at radius 2 is 1.90 bits per heavy atom. The third kappa shape index (κ3) is 6.57. The first-order chi connectivity index (χ1) is 14.4. The van der Waals surface area contributed by atoms with Gasteiger partial charge in [0.05, 0.1) is 21.5 Å². The molecule has 1 fully saturated rings. The molecule has 2 N–H and O–H groups in total. The van der Waals surface area contributed by atoms with Gasteiger partial charge in [-0.25, -0.2) is 13.1 Å². The van der Waals surface area contributed by atoms with Gasteiger partial charge < -0.3 is 9.84 Å². The van der Waals surface area contributed by atoms with E-state index in [1.807, 2.05) is 24.3 Å². The highest BCUT2D eigenvalue weighted by Crippen LogP contribution is 2.25. The largest absolute Gasteiger partial charge is 0.491 e. The highest BCUT2D eigenvalue weighted by molar-refractivity contribution is 7.89. The second-order valence-electron chi connectivity index (χ2n) is 7.39. The average molecular weight is 473 g/mol. The number of sulfonamides is 1. The van der Waals surface area contributed by atoms with Crippen molar-refractivity contribution in [2.75, 3.05) is 32.8 Å². The Kier molecular flexibility index (Phi) is 8.39. The number of aliphatic hydroxyl groups is 1. The normalized spacial score (nSPS) is 17.8. The van der Waals surface area contributed by atoms with Crippen molar-refractivity contribution in [3.63, 3.8) is 0 Å². The summed E-state index contributed by atoms with van der Waals surface area (Å²) < 4.78 is 33.2. The molecule has 2 aromatic carbocycles. The van der Waals surface area contributed by atoms with Crippen molar-refractivity contribution in [2.24, 2.45) is 5.92 Å². The minimum Gasteiger partial charge on any atom is -0.491 e. The van der Waals surface area contributed by atoms with E-state index < -0.39 is 10.0 Å². The van der Waals surface area contributed by atoms with Crippen LogP contribution in [0.1, 0.15) is 18.4 Å². The quantitative estimate of drug-likeness (QED) is 0.583. The molecule has 0 radical (unpaired) electrons. The summed E-state index contributed by atoms with van der Waals surface area (Å²) in [5.41, 5.74) is 1.17. The molecule has 30 heavy (non-hydrogen) atoms. The van der Waals surface area contributed by atoms with Crippen LogP contribution in [0.4, 0.5) is 0 Å². The molecule has 0 unspecified atom stereocenters. The lowest BCUT2D eigenvalue weighted by Gasteiger charge is -2.32. The van der Waals surface area contributed by atoms with E-state index in [-0.39, 0.29) is 29.0 Å². The van der Waals surface area contributed by atoms with Crippen molar-refractivity contribution in [3.8, 4) is 5.75 Å². The summed E-state index contributed by atoms with van der Waals surface area (Å²) in [5, 5.41) is 9.36. The van der Waals surface area contributed by atoms with Gasteiger partial charge >= 0.3 is 0 Å². The molecule has 1 atom stereocenters. The molecule has 9 heteroatoms. The summed E-state index contributed by atoms with van der Waals surface area (Å²) in [6.07, 6.45) is 2.01. The molecule has 0 aromatic heterocycles. The molecular formula is C21H26Cl2N2O4S. The zero-order chi connectivity index (χ0) is 21.6. The Bertz CT molecular complexity index is 939. The zero-order valence-electron chi connectivity index (χ0n) is 16.6. The standard InChI is InChI=1S/C21H26Cl2N2O4S/c22-20-8-7-19(12-21(20)23)30(27,28)24-13-17-2-1-9-25(15-17)14-16-3-5-18(6-4-16)29-11-10-26/h3-8,12,17,24,26H,1-2,9-11,13-15H2/t17-/m0/s1. The summed E-state index contributed by atoms with van der Waals surface area (Å²) in [7, 11) is -3.63. The molecule has 0 spiro atoms. The van der Waals surface area contributed by atoms with Crippen molar-refractivity contribution in [2.45, 2.75) is 24.3 Å². The summed E-state index contributed by atoms with van der Waals surface area (Å²) >= 11 is 11.8. The number of halogens is 2. The van der Waals surface area contributed by atoms with E-state index in [1.54, 1.807) is 0 Å². The molecule has 1 aliphatic rings. The van der Waals surface area contributed by atoms with Gasteiger partial charge in [0, 0.05) is 19.6 Å². The summed E-state index contributed by atoms with van der Waals surface area (Å²) in [4.78, 5) is 2.46. The Labute approximate surface area is 187 Å². The molecular weight excluding hydrogens is 447 g/mol. The SMILES string of the molecule is O=S(=O)(NC[C@@H]1CCCN(Cc2ccc(OCCO)cc2)C1)c1ccc(Cl)c(Cl)c1. The molecule has 0 aliphatic carbocycles. The second-order valence-corrected chi connectivity index (χ2v) is 9.97. The van der Waals surface area contributed by atoms with Gasteiger partial charge in [-0.1, -0.05) is 35.3 Å². The number of ether oxygens (including phenoxy) is 1. The number of rotatable bonds is 9. The van der Waals surface area contributed by atoms with Gasteiger partial charge in [0.25, 0.3) is 0 Å². The number of likely N-dealkylation sites (tertiary alicyclic amines) is 1. The molecule has 2 aromatic rings. The molecule has 1 saturated heterocycles. The van der Waals surface area contributed by atoms with Gasteiger partial charge in [0.2, 0.25) is 10.0 Å². The number of hydrogen-bond donors (Lipinski definition) is 2. The lowest BCUT2D eigenvalue weighted by molar-refractivity contribution is 0.168. The average Bonchev–Trinajstić information content (AvgIpc) is 2.74. The molecule has 3 rings (SSSR count). The third-order valence-corrected chi connectivity index (χ3v) is 7.22. The highest BCUT2D eigenvalue weighted by Gasteiger charge is 2.23. The fourth-order valence-corrected chi connectivity index (χ4v) is 5.03. The summed E-state index contributed by atoms with van der Waals surface area (Å²) in [6.45, 7) is 3.27. The number of nitrogens with zero attached hydrogens (tertiary/aromatic N) is 1. The summed E-state index contributed by atoms with van der Waals surface area (Å²) in [6, 6.07) is 12.1. The van der Waals surface area contributed by atoms with Gasteiger partial charge in [0.15, 0.2) is 0 Å². The first kappa shape index (κ1) is 23.3. The molecule has 164 valence electrons. The van der Waals surface area contributed by atoms with Crippen LogP contribution in [0.5, 0.6) is 5.75 Å². The van der Waals surface area contributed by atoms with Crippen LogP contribution >= 0.6 is 23.2 Å². The van der Waals surface area contributed by atoms with Gasteiger partial charge in [-0.2, -0.15) is 0 Å². The smallest absolute Gasteiger partial charge is 0.240 e. The van der Waals surface area contributed by atoms with Crippen LogP contribution in [0.25, 0.3) is 0 Å². The fourth-order valence-electron chi connectivity index (χ4n) is 3.53. The number of nitrogens with one attached hydrogen (secondary N) is 1. The number of aliphatic hydroxyl groups excluding tert-OH is 1. The van der Waals surface area contributed by atoms with E-state index in [1.165, 1.54) is 23.8 Å². The van der Waals surface area contributed by atoms with Crippen molar-refractivity contribution < 1.29 is 18.3 Å². The van der Waals surface area contributed by atoms with Crippen LogP contribution in [-0.2, 0) is 16.6 Å². The first-order valence-electron chi connectivity index (χ1n) is 9.87. The number of piperidine rings is 1. The topological polar surface area (TPSA) is 78.9 Å². The predicted octanol–water partition coefficient (Wildman–Crippen LogP) is 3.56. The maximum atomic E-state index is 12.6. The lowest BCUT2D eigenvalue weighted by Crippen LogP contribution is -2.40. The van der Waals surface area contributed by atoms with Crippen LogP contribution in [-0.4, -0.2) is 51.3 Å². The number of benzene rings is 2. The fraction of sp³-hybridized carbons (Fsp3) is 0.429. The Balaban J connectivity index is 1.52. The molecule has 1 heterocycles. The van der Waals surface area contributed by atoms with Crippen molar-refractivity contribution >= 4 is 33.2 Å². The van der Waals surface area contributed by atoms with Crippen LogP contribution in [0, 0.1) is 5.92 Å². The van der Waals surface area contributed by atoms with E-state index in [0.717, 1.165) is 38.2 Å². The van der Waals surface area contributed by atoms with Gasteiger partial charge in [-0.15, -0.1) is 0 Å². The van der Waals surface area contributed by atoms with E-state index in [4.69, 9.17) is 33.0 Å². The highest BCUT2D eigenvalue weighted by atomic mass is 35.5. The van der Waals surface area contributed by atoms with E-state index >= 15 is 0 Å². The minimum absolute atomic E-state index is 0.00820. The van der Waals surface area contributed by atoms with Crippen molar-refractivity contribution in [1.29, 1.82) is 0 Å². The predicted molar refractivity (Wildman–Crippen MR) is 119 cm³/mol. The van der Waals surface area contributed by atoms with Gasteiger partial charge in [-0.05, 0) is 61.2 Å². The third-order valence-electron chi connectivity index (χ3n) is 5.06. The first-order valence-corrected chi connectivity index (χ1v) is 12.1. The van der Waals surface area contributed by atoms with Crippen LogP contribution in [0.3, 0.4) is 0 Å². The summed E-state index contributed by atoms with van der Waals surface area (Å²) in [5.74, 6) is 0.976. The molecule has 0 amide bonds.